The summed E-state index contributed by atoms with van der Waals surface area (Å²) in [5.41, 5.74) is 8.58. The molecule has 6 nitrogen and oxygen atoms in total. The molecule has 6 heteroatoms. The van der Waals surface area contributed by atoms with Crippen LogP contribution in [0.4, 0.5) is 0 Å². The highest BCUT2D eigenvalue weighted by molar-refractivity contribution is 6.00. The Balaban J connectivity index is 1.95. The second-order valence-corrected chi connectivity index (χ2v) is 5.98. The van der Waals surface area contributed by atoms with Crippen LogP contribution in [0.25, 0.3) is 5.65 Å². The number of nitrogens with one attached hydrogen (secondary N) is 1. The quantitative estimate of drug-likeness (QED) is 0.892. The summed E-state index contributed by atoms with van der Waals surface area (Å²) < 4.78 is 1.70. The van der Waals surface area contributed by atoms with Crippen LogP contribution in [0.5, 0.6) is 0 Å². The third-order valence-electron chi connectivity index (χ3n) is 4.35. The maximum Gasteiger partial charge on any atom is 0.257 e. The summed E-state index contributed by atoms with van der Waals surface area (Å²) >= 11 is 0. The maximum absolute atomic E-state index is 12.6. The van der Waals surface area contributed by atoms with E-state index >= 15 is 0 Å². The molecule has 112 valence electrons. The number of nitrogens with two attached hydrogens (primary N) is 1. The minimum atomic E-state index is -0.260. The molecule has 2 aromatic heterocycles. The molecule has 0 atom stereocenters. The molecule has 0 saturated heterocycles. The number of aromatic nitrogens is 3. The normalized spacial score (nSPS) is 17.3. The van der Waals surface area contributed by atoms with E-state index in [2.05, 4.69) is 15.4 Å². The number of fused-ring (bicyclic) bond motifs is 1. The first-order valence-corrected chi connectivity index (χ1v) is 7.39. The van der Waals surface area contributed by atoms with Crippen LogP contribution in [-0.2, 0) is 0 Å². The van der Waals surface area contributed by atoms with Gasteiger partial charge in [-0.1, -0.05) is 12.8 Å². The van der Waals surface area contributed by atoms with Crippen molar-refractivity contribution in [2.75, 3.05) is 6.54 Å². The molecule has 0 aromatic carbocycles. The molecule has 2 heterocycles. The smallest absolute Gasteiger partial charge is 0.257 e. The standard InChI is InChI=1S/C15H21N5O/c1-10-7-11(2)20-13(18-10)12(8-17-20)14(21)19-15(9-16)5-3-4-6-15/h7-8H,3-6,9,16H2,1-2H3,(H,19,21). The third kappa shape index (κ3) is 2.40. The van der Waals surface area contributed by atoms with Crippen molar-refractivity contribution >= 4 is 11.6 Å². The van der Waals surface area contributed by atoms with Gasteiger partial charge in [-0.25, -0.2) is 9.50 Å². The van der Waals surface area contributed by atoms with E-state index < -0.39 is 0 Å². The monoisotopic (exact) mass is 287 g/mol. The summed E-state index contributed by atoms with van der Waals surface area (Å²) in [5, 5.41) is 7.38. The summed E-state index contributed by atoms with van der Waals surface area (Å²) in [6, 6.07) is 1.94. The zero-order valence-corrected chi connectivity index (χ0v) is 12.5. The van der Waals surface area contributed by atoms with Crippen molar-refractivity contribution in [2.45, 2.75) is 45.1 Å². The van der Waals surface area contributed by atoms with E-state index in [1.807, 2.05) is 19.9 Å². The van der Waals surface area contributed by atoms with E-state index in [1.54, 1.807) is 10.7 Å². The lowest BCUT2D eigenvalue weighted by Crippen LogP contribution is -2.51. The molecule has 0 unspecified atom stereocenters. The van der Waals surface area contributed by atoms with Crippen LogP contribution in [0, 0.1) is 13.8 Å². The molecule has 0 radical (unpaired) electrons. The van der Waals surface area contributed by atoms with E-state index in [-0.39, 0.29) is 11.4 Å². The number of nitrogens with zero attached hydrogens (tertiary/aromatic N) is 3. The highest BCUT2D eigenvalue weighted by Gasteiger charge is 2.34. The molecule has 2 aromatic rings. The summed E-state index contributed by atoms with van der Waals surface area (Å²) in [6.45, 7) is 4.35. The molecule has 0 spiro atoms. The Morgan fingerprint density at radius 1 is 1.43 bits per heavy atom. The van der Waals surface area contributed by atoms with Crippen molar-refractivity contribution in [2.24, 2.45) is 5.73 Å². The maximum atomic E-state index is 12.6. The molecule has 1 amide bonds. The minimum Gasteiger partial charge on any atom is -0.345 e. The van der Waals surface area contributed by atoms with E-state index in [0.29, 0.717) is 17.8 Å². The second-order valence-electron chi connectivity index (χ2n) is 5.98. The lowest BCUT2D eigenvalue weighted by Gasteiger charge is -2.28. The SMILES string of the molecule is Cc1cc(C)n2ncc(C(=O)NC3(CN)CCCC3)c2n1. The third-order valence-corrected chi connectivity index (χ3v) is 4.35. The molecular weight excluding hydrogens is 266 g/mol. The molecule has 1 saturated carbocycles. The number of amides is 1. The van der Waals surface area contributed by atoms with Gasteiger partial charge in [0.05, 0.1) is 11.7 Å². The van der Waals surface area contributed by atoms with Crippen LogP contribution in [0.15, 0.2) is 12.3 Å². The van der Waals surface area contributed by atoms with Crippen LogP contribution in [0.1, 0.15) is 47.4 Å². The highest BCUT2D eigenvalue weighted by Crippen LogP contribution is 2.29. The second kappa shape index (κ2) is 5.11. The van der Waals surface area contributed by atoms with Gasteiger partial charge in [0, 0.05) is 17.9 Å². The average molecular weight is 287 g/mol. The van der Waals surface area contributed by atoms with Gasteiger partial charge >= 0.3 is 0 Å². The Labute approximate surface area is 123 Å². The van der Waals surface area contributed by atoms with Gasteiger partial charge in [-0.3, -0.25) is 4.79 Å². The predicted molar refractivity (Wildman–Crippen MR) is 80.2 cm³/mol. The first kappa shape index (κ1) is 14.0. The molecule has 21 heavy (non-hydrogen) atoms. The fourth-order valence-corrected chi connectivity index (χ4v) is 3.17. The molecular formula is C15H21N5O. The number of hydrogen-bond donors (Lipinski definition) is 2. The van der Waals surface area contributed by atoms with E-state index in [4.69, 9.17) is 5.73 Å². The van der Waals surface area contributed by atoms with Crippen molar-refractivity contribution < 1.29 is 4.79 Å². The number of rotatable bonds is 3. The topological polar surface area (TPSA) is 85.3 Å². The van der Waals surface area contributed by atoms with Gasteiger partial charge < -0.3 is 11.1 Å². The van der Waals surface area contributed by atoms with Crippen LogP contribution in [0.3, 0.4) is 0 Å². The van der Waals surface area contributed by atoms with Crippen LogP contribution in [0.2, 0.25) is 0 Å². The molecule has 3 rings (SSSR count). The number of carbonyl (C=O) groups is 1. The van der Waals surface area contributed by atoms with E-state index in [0.717, 1.165) is 37.1 Å². The minimum absolute atomic E-state index is 0.130. The van der Waals surface area contributed by atoms with Crippen molar-refractivity contribution in [1.82, 2.24) is 19.9 Å². The van der Waals surface area contributed by atoms with Gasteiger partial charge in [0.15, 0.2) is 5.65 Å². The zero-order chi connectivity index (χ0) is 15.0. The van der Waals surface area contributed by atoms with Gasteiger partial charge in [-0.05, 0) is 32.8 Å². The molecule has 1 aliphatic rings. The predicted octanol–water partition coefficient (Wildman–Crippen LogP) is 1.35. The summed E-state index contributed by atoms with van der Waals surface area (Å²) in [4.78, 5) is 17.1. The summed E-state index contributed by atoms with van der Waals surface area (Å²) in [5.74, 6) is -0.130. The Hall–Kier alpha value is -1.95. The lowest BCUT2D eigenvalue weighted by atomic mass is 9.97. The molecule has 3 N–H and O–H groups in total. The molecule has 0 aliphatic heterocycles. The van der Waals surface area contributed by atoms with Gasteiger partial charge in [0.1, 0.15) is 5.56 Å². The van der Waals surface area contributed by atoms with Gasteiger partial charge in [-0.15, -0.1) is 0 Å². The van der Waals surface area contributed by atoms with Crippen molar-refractivity contribution in [3.63, 3.8) is 0 Å². The van der Waals surface area contributed by atoms with Crippen molar-refractivity contribution in [3.05, 3.63) is 29.2 Å². The highest BCUT2D eigenvalue weighted by atomic mass is 16.1. The first-order chi connectivity index (χ1) is 10.0. The van der Waals surface area contributed by atoms with Crippen molar-refractivity contribution in [1.29, 1.82) is 0 Å². The Morgan fingerprint density at radius 2 is 2.14 bits per heavy atom. The number of hydrogen-bond acceptors (Lipinski definition) is 4. The van der Waals surface area contributed by atoms with E-state index in [1.165, 1.54) is 0 Å². The lowest BCUT2D eigenvalue weighted by molar-refractivity contribution is 0.0904. The largest absolute Gasteiger partial charge is 0.345 e. The van der Waals surface area contributed by atoms with Gasteiger partial charge in [0.2, 0.25) is 0 Å². The fraction of sp³-hybridized carbons (Fsp3) is 0.533. The van der Waals surface area contributed by atoms with Gasteiger partial charge in [0.25, 0.3) is 5.91 Å². The van der Waals surface area contributed by atoms with E-state index in [9.17, 15) is 4.79 Å². The Bertz CT molecular complexity index is 685. The van der Waals surface area contributed by atoms with Gasteiger partial charge in [-0.2, -0.15) is 5.10 Å². The van der Waals surface area contributed by atoms with Crippen LogP contribution in [-0.4, -0.2) is 32.6 Å². The number of carbonyl (C=O) groups excluding carboxylic acids is 1. The zero-order valence-electron chi connectivity index (χ0n) is 12.5. The summed E-state index contributed by atoms with van der Waals surface area (Å²) in [6.07, 6.45) is 5.70. The fourth-order valence-electron chi connectivity index (χ4n) is 3.17. The molecule has 0 bridgehead atoms. The Kier molecular flexibility index (Phi) is 3.41. The number of aryl methyl sites for hydroxylation is 2. The Morgan fingerprint density at radius 3 is 2.81 bits per heavy atom. The van der Waals surface area contributed by atoms with Crippen LogP contribution >= 0.6 is 0 Å². The molecule has 1 fully saturated rings. The summed E-state index contributed by atoms with van der Waals surface area (Å²) in [7, 11) is 0. The van der Waals surface area contributed by atoms with Crippen LogP contribution < -0.4 is 11.1 Å². The average Bonchev–Trinajstić information content (AvgIpc) is 3.06. The molecule has 1 aliphatic carbocycles. The van der Waals surface area contributed by atoms with Crippen molar-refractivity contribution in [3.8, 4) is 0 Å². The first-order valence-electron chi connectivity index (χ1n) is 7.39.